The maximum atomic E-state index is 11.5. The fourth-order valence-electron chi connectivity index (χ4n) is 1.34. The summed E-state index contributed by atoms with van der Waals surface area (Å²) in [4.78, 5) is 12.4. The molecule has 1 unspecified atom stereocenters. The summed E-state index contributed by atoms with van der Waals surface area (Å²) in [6.07, 6.45) is -0.117. The number of nitrogens with one attached hydrogen (secondary N) is 1. The summed E-state index contributed by atoms with van der Waals surface area (Å²) in [5, 5.41) is 14.4. The van der Waals surface area contributed by atoms with Crippen LogP contribution in [0, 0.1) is 5.41 Å². The second-order valence-corrected chi connectivity index (χ2v) is 6.05. The van der Waals surface area contributed by atoms with Gasteiger partial charge in [-0.25, -0.2) is 0 Å². The molecule has 1 rings (SSSR count). The minimum atomic E-state index is -0.594. The molecule has 0 aliphatic heterocycles. The predicted molar refractivity (Wildman–Crippen MR) is 66.4 cm³/mol. The maximum absolute atomic E-state index is 11.5. The van der Waals surface area contributed by atoms with Gasteiger partial charge in [-0.05, 0) is 16.9 Å². The Bertz CT molecular complexity index is 327. The third-order valence-electron chi connectivity index (χ3n) is 2.06. The Labute approximate surface area is 100 Å². The average Bonchev–Trinajstić information content (AvgIpc) is 2.64. The Kier molecular flexibility index (Phi) is 4.50. The number of thiophene rings is 1. The second-order valence-electron chi connectivity index (χ2n) is 5.07. The molecule has 0 aromatic carbocycles. The first kappa shape index (κ1) is 13.2. The van der Waals surface area contributed by atoms with Crippen molar-refractivity contribution in [3.05, 3.63) is 22.4 Å². The van der Waals surface area contributed by atoms with Crippen LogP contribution in [0.25, 0.3) is 0 Å². The molecular weight excluding hydrogens is 222 g/mol. The Morgan fingerprint density at radius 1 is 1.56 bits per heavy atom. The van der Waals surface area contributed by atoms with Crippen LogP contribution in [-0.2, 0) is 4.79 Å². The molecule has 0 aliphatic rings. The van der Waals surface area contributed by atoms with Gasteiger partial charge in [-0.2, -0.15) is 0 Å². The minimum absolute atomic E-state index is 0.0110. The molecule has 0 saturated heterocycles. The summed E-state index contributed by atoms with van der Waals surface area (Å²) < 4.78 is 0. The smallest absolute Gasteiger partial charge is 0.220 e. The van der Waals surface area contributed by atoms with Crippen LogP contribution in [0.15, 0.2) is 17.5 Å². The quantitative estimate of drug-likeness (QED) is 0.850. The molecule has 1 aromatic heterocycles. The van der Waals surface area contributed by atoms with Crippen LogP contribution in [0.4, 0.5) is 0 Å². The molecule has 0 fully saturated rings. The van der Waals surface area contributed by atoms with Crippen molar-refractivity contribution in [2.75, 3.05) is 6.54 Å². The summed E-state index contributed by atoms with van der Waals surface area (Å²) in [5.74, 6) is -0.0110. The third-order valence-corrected chi connectivity index (χ3v) is 3.03. The molecule has 4 heteroatoms. The zero-order valence-electron chi connectivity index (χ0n) is 9.99. The Hall–Kier alpha value is -0.870. The van der Waals surface area contributed by atoms with E-state index in [1.165, 1.54) is 11.3 Å². The Morgan fingerprint density at radius 3 is 2.75 bits per heavy atom. The highest BCUT2D eigenvalue weighted by Crippen LogP contribution is 2.19. The highest BCUT2D eigenvalue weighted by atomic mass is 32.1. The van der Waals surface area contributed by atoms with E-state index in [0.717, 1.165) is 4.88 Å². The van der Waals surface area contributed by atoms with Crippen LogP contribution < -0.4 is 5.32 Å². The van der Waals surface area contributed by atoms with Gasteiger partial charge in [0.2, 0.25) is 5.91 Å². The molecule has 1 heterocycles. The fourth-order valence-corrected chi connectivity index (χ4v) is 2.05. The van der Waals surface area contributed by atoms with Crippen LogP contribution in [0.2, 0.25) is 0 Å². The number of hydrogen-bond donors (Lipinski definition) is 2. The summed E-state index contributed by atoms with van der Waals surface area (Å²) >= 11 is 1.49. The van der Waals surface area contributed by atoms with E-state index in [0.29, 0.717) is 6.42 Å². The van der Waals surface area contributed by atoms with E-state index in [4.69, 9.17) is 0 Å². The first-order valence-electron chi connectivity index (χ1n) is 5.37. The van der Waals surface area contributed by atoms with Gasteiger partial charge in [0, 0.05) is 17.8 Å². The van der Waals surface area contributed by atoms with Crippen molar-refractivity contribution in [3.8, 4) is 0 Å². The number of amides is 1. The van der Waals surface area contributed by atoms with E-state index >= 15 is 0 Å². The topological polar surface area (TPSA) is 49.3 Å². The first-order valence-corrected chi connectivity index (χ1v) is 6.24. The van der Waals surface area contributed by atoms with E-state index in [-0.39, 0.29) is 17.9 Å². The molecule has 0 radical (unpaired) electrons. The summed E-state index contributed by atoms with van der Waals surface area (Å²) in [5.41, 5.74) is -0.0159. The van der Waals surface area contributed by atoms with Crippen LogP contribution in [0.5, 0.6) is 0 Å². The van der Waals surface area contributed by atoms with Gasteiger partial charge in [0.05, 0.1) is 0 Å². The SMILES string of the molecule is CC(C)(C)CC(=O)NCC(O)c1cccs1. The molecule has 1 atom stereocenters. The van der Waals surface area contributed by atoms with Crippen LogP contribution in [0.1, 0.15) is 38.2 Å². The van der Waals surface area contributed by atoms with Crippen molar-refractivity contribution >= 4 is 17.2 Å². The number of rotatable bonds is 4. The summed E-state index contributed by atoms with van der Waals surface area (Å²) in [7, 11) is 0. The van der Waals surface area contributed by atoms with Gasteiger partial charge >= 0.3 is 0 Å². The monoisotopic (exact) mass is 241 g/mol. The fraction of sp³-hybridized carbons (Fsp3) is 0.583. The second kappa shape index (κ2) is 5.46. The zero-order valence-corrected chi connectivity index (χ0v) is 10.8. The average molecular weight is 241 g/mol. The molecular formula is C12H19NO2S. The van der Waals surface area contributed by atoms with E-state index in [2.05, 4.69) is 5.32 Å². The number of hydrogen-bond acceptors (Lipinski definition) is 3. The minimum Gasteiger partial charge on any atom is -0.386 e. The molecule has 0 saturated carbocycles. The van der Waals surface area contributed by atoms with Crippen molar-refractivity contribution in [2.24, 2.45) is 5.41 Å². The van der Waals surface area contributed by atoms with Crippen LogP contribution >= 0.6 is 11.3 Å². The van der Waals surface area contributed by atoms with Crippen molar-refractivity contribution in [1.29, 1.82) is 0 Å². The van der Waals surface area contributed by atoms with Gasteiger partial charge in [0.15, 0.2) is 0 Å². The summed E-state index contributed by atoms with van der Waals surface area (Å²) in [6.45, 7) is 6.34. The molecule has 0 aliphatic carbocycles. The van der Waals surface area contributed by atoms with Gasteiger partial charge in [-0.3, -0.25) is 4.79 Å². The number of aliphatic hydroxyl groups excluding tert-OH is 1. The van der Waals surface area contributed by atoms with E-state index < -0.39 is 6.10 Å². The van der Waals surface area contributed by atoms with Gasteiger partial charge in [-0.15, -0.1) is 11.3 Å². The Morgan fingerprint density at radius 2 is 2.25 bits per heavy atom. The van der Waals surface area contributed by atoms with E-state index in [1.807, 2.05) is 38.3 Å². The molecule has 1 amide bonds. The molecule has 2 N–H and O–H groups in total. The molecule has 1 aromatic rings. The normalized spacial score (nSPS) is 13.5. The summed E-state index contributed by atoms with van der Waals surface area (Å²) in [6, 6.07) is 3.76. The molecule has 16 heavy (non-hydrogen) atoms. The predicted octanol–water partition coefficient (Wildman–Crippen LogP) is 2.33. The third kappa shape index (κ3) is 4.77. The van der Waals surface area contributed by atoms with Crippen LogP contribution in [0.3, 0.4) is 0 Å². The highest BCUT2D eigenvalue weighted by Gasteiger charge is 2.17. The van der Waals surface area contributed by atoms with E-state index in [1.54, 1.807) is 0 Å². The standard InChI is InChI=1S/C12H19NO2S/c1-12(2,3)7-11(15)13-8-9(14)10-5-4-6-16-10/h4-6,9,14H,7-8H2,1-3H3,(H,13,15). The molecule has 0 spiro atoms. The lowest BCUT2D eigenvalue weighted by molar-refractivity contribution is -0.123. The van der Waals surface area contributed by atoms with Gasteiger partial charge < -0.3 is 10.4 Å². The van der Waals surface area contributed by atoms with Crippen molar-refractivity contribution in [2.45, 2.75) is 33.3 Å². The Balaban J connectivity index is 2.32. The molecule has 0 bridgehead atoms. The van der Waals surface area contributed by atoms with Crippen molar-refractivity contribution in [1.82, 2.24) is 5.32 Å². The first-order chi connectivity index (χ1) is 7.38. The van der Waals surface area contributed by atoms with Gasteiger partial charge in [0.25, 0.3) is 0 Å². The molecule has 3 nitrogen and oxygen atoms in total. The van der Waals surface area contributed by atoms with Gasteiger partial charge in [-0.1, -0.05) is 26.8 Å². The van der Waals surface area contributed by atoms with Crippen molar-refractivity contribution < 1.29 is 9.90 Å². The highest BCUT2D eigenvalue weighted by molar-refractivity contribution is 7.10. The number of carbonyl (C=O) groups excluding carboxylic acids is 1. The lowest BCUT2D eigenvalue weighted by atomic mass is 9.92. The zero-order chi connectivity index (χ0) is 12.2. The maximum Gasteiger partial charge on any atom is 0.220 e. The van der Waals surface area contributed by atoms with Gasteiger partial charge in [0.1, 0.15) is 6.10 Å². The molecule has 90 valence electrons. The lowest BCUT2D eigenvalue weighted by Crippen LogP contribution is -2.30. The van der Waals surface area contributed by atoms with E-state index in [9.17, 15) is 9.90 Å². The largest absolute Gasteiger partial charge is 0.386 e. The lowest BCUT2D eigenvalue weighted by Gasteiger charge is -2.18. The van der Waals surface area contributed by atoms with Crippen molar-refractivity contribution in [3.63, 3.8) is 0 Å². The number of carbonyl (C=O) groups is 1. The van der Waals surface area contributed by atoms with Crippen LogP contribution in [-0.4, -0.2) is 17.6 Å². The number of aliphatic hydroxyl groups is 1.